The zero-order valence-corrected chi connectivity index (χ0v) is 13.4. The van der Waals surface area contributed by atoms with Gasteiger partial charge in [-0.2, -0.15) is 0 Å². The maximum Gasteiger partial charge on any atom is 0.137 e. The number of aryl methyl sites for hydroxylation is 2. The van der Waals surface area contributed by atoms with E-state index in [1.807, 2.05) is 23.3 Å². The van der Waals surface area contributed by atoms with Gasteiger partial charge in [-0.15, -0.1) is 11.3 Å². The number of hydrogen-bond donors (Lipinski definition) is 1. The van der Waals surface area contributed by atoms with Crippen molar-refractivity contribution in [2.75, 3.05) is 13.1 Å². The number of aliphatic hydroxyl groups is 1. The first-order valence-corrected chi connectivity index (χ1v) is 8.29. The SMILES string of the molecule is Cc1ncsc1CN1CCC(C(O)c2nccn2C)CC1. The minimum atomic E-state index is -0.447. The molecule has 114 valence electrons. The van der Waals surface area contributed by atoms with E-state index in [1.54, 1.807) is 17.5 Å². The van der Waals surface area contributed by atoms with E-state index in [2.05, 4.69) is 21.8 Å². The van der Waals surface area contributed by atoms with Gasteiger partial charge in [-0.1, -0.05) is 0 Å². The molecule has 1 fully saturated rings. The molecule has 0 aliphatic carbocycles. The summed E-state index contributed by atoms with van der Waals surface area (Å²) in [6.45, 7) is 5.12. The summed E-state index contributed by atoms with van der Waals surface area (Å²) in [5.41, 5.74) is 3.07. The van der Waals surface area contributed by atoms with Crippen molar-refractivity contribution in [2.24, 2.45) is 13.0 Å². The van der Waals surface area contributed by atoms with Crippen molar-refractivity contribution >= 4 is 11.3 Å². The fourth-order valence-electron chi connectivity index (χ4n) is 2.98. The number of likely N-dealkylation sites (tertiary alicyclic amines) is 1. The molecular weight excluding hydrogens is 284 g/mol. The molecule has 3 heterocycles. The van der Waals surface area contributed by atoms with Gasteiger partial charge < -0.3 is 9.67 Å². The molecule has 0 spiro atoms. The van der Waals surface area contributed by atoms with Gasteiger partial charge in [0.1, 0.15) is 11.9 Å². The van der Waals surface area contributed by atoms with Crippen LogP contribution in [0.1, 0.15) is 35.3 Å². The van der Waals surface area contributed by atoms with Crippen LogP contribution in [0.2, 0.25) is 0 Å². The first-order chi connectivity index (χ1) is 10.1. The maximum atomic E-state index is 10.5. The number of rotatable bonds is 4. The molecule has 5 nitrogen and oxygen atoms in total. The van der Waals surface area contributed by atoms with Crippen molar-refractivity contribution in [2.45, 2.75) is 32.4 Å². The van der Waals surface area contributed by atoms with Crippen LogP contribution in [0.25, 0.3) is 0 Å². The van der Waals surface area contributed by atoms with Crippen LogP contribution < -0.4 is 0 Å². The van der Waals surface area contributed by atoms with E-state index in [1.165, 1.54) is 4.88 Å². The van der Waals surface area contributed by atoms with E-state index in [4.69, 9.17) is 0 Å². The van der Waals surface area contributed by atoms with E-state index in [-0.39, 0.29) is 0 Å². The average Bonchev–Trinajstić information content (AvgIpc) is 3.08. The molecule has 1 aliphatic heterocycles. The lowest BCUT2D eigenvalue weighted by atomic mass is 9.90. The van der Waals surface area contributed by atoms with Crippen LogP contribution in [0.5, 0.6) is 0 Å². The van der Waals surface area contributed by atoms with Gasteiger partial charge in [0.05, 0.1) is 11.2 Å². The Kier molecular flexibility index (Phi) is 4.37. The Labute approximate surface area is 129 Å². The summed E-state index contributed by atoms with van der Waals surface area (Å²) < 4.78 is 1.91. The minimum absolute atomic E-state index is 0.310. The number of hydrogen-bond acceptors (Lipinski definition) is 5. The quantitative estimate of drug-likeness (QED) is 0.940. The van der Waals surface area contributed by atoms with Crippen molar-refractivity contribution in [1.82, 2.24) is 19.4 Å². The van der Waals surface area contributed by atoms with Gasteiger partial charge in [-0.3, -0.25) is 4.90 Å². The zero-order chi connectivity index (χ0) is 14.8. The van der Waals surface area contributed by atoms with E-state index in [9.17, 15) is 5.11 Å². The fraction of sp³-hybridized carbons (Fsp3) is 0.600. The van der Waals surface area contributed by atoms with Crippen molar-refractivity contribution in [3.63, 3.8) is 0 Å². The molecule has 1 atom stereocenters. The van der Waals surface area contributed by atoms with Crippen LogP contribution in [-0.2, 0) is 13.6 Å². The van der Waals surface area contributed by atoms with Crippen LogP contribution in [-0.4, -0.2) is 37.6 Å². The second-order valence-corrected chi connectivity index (χ2v) is 6.76. The third kappa shape index (κ3) is 3.17. The highest BCUT2D eigenvalue weighted by Crippen LogP contribution is 2.30. The molecule has 0 amide bonds. The standard InChI is InChI=1S/C15H22N4OS/c1-11-13(21-10-17-11)9-19-6-3-12(4-7-19)14(20)15-16-5-8-18(15)2/h5,8,10,12,14,20H,3-4,6-7,9H2,1-2H3. The predicted molar refractivity (Wildman–Crippen MR) is 83.0 cm³/mol. The van der Waals surface area contributed by atoms with E-state index < -0.39 is 6.10 Å². The van der Waals surface area contributed by atoms with E-state index in [0.717, 1.165) is 44.0 Å². The Morgan fingerprint density at radius 2 is 2.14 bits per heavy atom. The number of thiazole rings is 1. The van der Waals surface area contributed by atoms with Crippen LogP contribution >= 0.6 is 11.3 Å². The molecule has 21 heavy (non-hydrogen) atoms. The van der Waals surface area contributed by atoms with Gasteiger partial charge in [0.2, 0.25) is 0 Å². The number of aliphatic hydroxyl groups excluding tert-OH is 1. The molecule has 1 saturated heterocycles. The fourth-order valence-corrected chi connectivity index (χ4v) is 3.80. The maximum absolute atomic E-state index is 10.5. The molecule has 0 bridgehead atoms. The summed E-state index contributed by atoms with van der Waals surface area (Å²) in [6.07, 6.45) is 5.23. The monoisotopic (exact) mass is 306 g/mol. The van der Waals surface area contributed by atoms with Gasteiger partial charge in [0.15, 0.2) is 0 Å². The molecule has 6 heteroatoms. The largest absolute Gasteiger partial charge is 0.385 e. The van der Waals surface area contributed by atoms with Gasteiger partial charge in [-0.25, -0.2) is 9.97 Å². The molecule has 1 unspecified atom stereocenters. The molecule has 2 aromatic heterocycles. The lowest BCUT2D eigenvalue weighted by Gasteiger charge is -2.33. The van der Waals surface area contributed by atoms with Gasteiger partial charge >= 0.3 is 0 Å². The Balaban J connectivity index is 1.55. The summed E-state index contributed by atoms with van der Waals surface area (Å²) >= 11 is 1.73. The predicted octanol–water partition coefficient (Wildman–Crippen LogP) is 2.13. The summed E-state index contributed by atoms with van der Waals surface area (Å²) in [7, 11) is 1.94. The highest BCUT2D eigenvalue weighted by Gasteiger charge is 2.28. The van der Waals surface area contributed by atoms with Crippen molar-refractivity contribution in [1.29, 1.82) is 0 Å². The van der Waals surface area contributed by atoms with Gasteiger partial charge in [0.25, 0.3) is 0 Å². The first-order valence-electron chi connectivity index (χ1n) is 7.41. The summed E-state index contributed by atoms with van der Waals surface area (Å²) in [5, 5.41) is 10.5. The molecule has 0 radical (unpaired) electrons. The normalized spacial score (nSPS) is 19.0. The van der Waals surface area contributed by atoms with E-state index in [0.29, 0.717) is 5.92 Å². The topological polar surface area (TPSA) is 54.2 Å². The Morgan fingerprint density at radius 3 is 2.71 bits per heavy atom. The number of aromatic nitrogens is 3. The molecular formula is C15H22N4OS. The van der Waals surface area contributed by atoms with Crippen LogP contribution in [0.4, 0.5) is 0 Å². The second kappa shape index (κ2) is 6.25. The summed E-state index contributed by atoms with van der Waals surface area (Å²) in [6, 6.07) is 0. The highest BCUT2D eigenvalue weighted by atomic mass is 32.1. The first kappa shape index (κ1) is 14.7. The molecule has 0 saturated carbocycles. The molecule has 0 aromatic carbocycles. The minimum Gasteiger partial charge on any atom is -0.385 e. The smallest absolute Gasteiger partial charge is 0.137 e. The van der Waals surface area contributed by atoms with E-state index >= 15 is 0 Å². The van der Waals surface area contributed by atoms with Crippen molar-refractivity contribution in [3.05, 3.63) is 34.3 Å². The van der Waals surface area contributed by atoms with Crippen LogP contribution in [0.3, 0.4) is 0 Å². The second-order valence-electron chi connectivity index (χ2n) is 5.82. The van der Waals surface area contributed by atoms with Crippen LogP contribution in [0, 0.1) is 12.8 Å². The molecule has 3 rings (SSSR count). The van der Waals surface area contributed by atoms with Crippen molar-refractivity contribution in [3.8, 4) is 0 Å². The number of imidazole rings is 1. The average molecular weight is 306 g/mol. The summed E-state index contributed by atoms with van der Waals surface area (Å²) in [5.74, 6) is 1.09. The summed E-state index contributed by atoms with van der Waals surface area (Å²) in [4.78, 5) is 12.4. The van der Waals surface area contributed by atoms with Crippen LogP contribution in [0.15, 0.2) is 17.9 Å². The zero-order valence-electron chi connectivity index (χ0n) is 12.6. The third-order valence-electron chi connectivity index (χ3n) is 4.41. The Morgan fingerprint density at radius 1 is 1.38 bits per heavy atom. The molecule has 1 aliphatic rings. The molecule has 1 N–H and O–H groups in total. The Bertz CT molecular complexity index is 586. The van der Waals surface area contributed by atoms with Gasteiger partial charge in [-0.05, 0) is 38.8 Å². The number of nitrogens with zero attached hydrogens (tertiary/aromatic N) is 4. The lowest BCUT2D eigenvalue weighted by Crippen LogP contribution is -2.35. The molecule has 2 aromatic rings. The number of piperidine rings is 1. The van der Waals surface area contributed by atoms with Gasteiger partial charge in [0, 0.05) is 30.9 Å². The Hall–Kier alpha value is -1.24. The lowest BCUT2D eigenvalue weighted by molar-refractivity contribution is 0.0494. The van der Waals surface area contributed by atoms with Crippen molar-refractivity contribution < 1.29 is 5.11 Å². The third-order valence-corrected chi connectivity index (χ3v) is 5.33. The highest BCUT2D eigenvalue weighted by molar-refractivity contribution is 7.09.